The zero-order valence-electron chi connectivity index (χ0n) is 13.8. The van der Waals surface area contributed by atoms with Crippen LogP contribution in [0.15, 0.2) is 59.5 Å². The molecule has 1 atom stereocenters. The minimum atomic E-state index is -0.783. The number of carbonyl (C=O) groups excluding carboxylic acids is 2. The number of anilines is 1. The van der Waals surface area contributed by atoms with Crippen LogP contribution in [0.25, 0.3) is 6.08 Å². The number of hydrogen-bond donors (Lipinski definition) is 1. The van der Waals surface area contributed by atoms with E-state index in [4.69, 9.17) is 12.2 Å². The number of amides is 2. The number of rotatable bonds is 4. The van der Waals surface area contributed by atoms with Gasteiger partial charge in [-0.1, -0.05) is 60.4 Å². The van der Waals surface area contributed by atoms with Crippen LogP contribution in [0.5, 0.6) is 0 Å². The lowest BCUT2D eigenvalue weighted by molar-refractivity contribution is -0.129. The van der Waals surface area contributed by atoms with Gasteiger partial charge in [0.2, 0.25) is 5.91 Å². The van der Waals surface area contributed by atoms with Gasteiger partial charge in [0.15, 0.2) is 0 Å². The van der Waals surface area contributed by atoms with Crippen LogP contribution in [0.1, 0.15) is 12.5 Å². The number of halogens is 1. The Morgan fingerprint density at radius 2 is 1.85 bits per heavy atom. The first-order valence-corrected chi connectivity index (χ1v) is 9.07. The van der Waals surface area contributed by atoms with E-state index >= 15 is 0 Å². The molecule has 1 saturated heterocycles. The third kappa shape index (κ3) is 3.84. The minimum Gasteiger partial charge on any atom is -0.324 e. The van der Waals surface area contributed by atoms with Gasteiger partial charge in [0.05, 0.1) is 4.91 Å². The van der Waals surface area contributed by atoms with Gasteiger partial charge in [-0.15, -0.1) is 0 Å². The highest BCUT2D eigenvalue weighted by atomic mass is 32.2. The van der Waals surface area contributed by atoms with Gasteiger partial charge < -0.3 is 5.32 Å². The van der Waals surface area contributed by atoms with E-state index in [1.807, 2.05) is 6.07 Å². The van der Waals surface area contributed by atoms with Crippen molar-refractivity contribution >= 4 is 51.9 Å². The first-order chi connectivity index (χ1) is 12.5. The molecule has 2 amide bonds. The summed E-state index contributed by atoms with van der Waals surface area (Å²) in [7, 11) is 0. The van der Waals surface area contributed by atoms with E-state index < -0.39 is 17.8 Å². The van der Waals surface area contributed by atoms with Gasteiger partial charge in [-0.2, -0.15) is 0 Å². The van der Waals surface area contributed by atoms with Crippen LogP contribution in [-0.2, 0) is 9.59 Å². The summed E-state index contributed by atoms with van der Waals surface area (Å²) in [6.45, 7) is 1.61. The summed E-state index contributed by atoms with van der Waals surface area (Å²) in [5, 5.41) is 2.75. The average Bonchev–Trinajstić information content (AvgIpc) is 2.90. The molecule has 2 aromatic rings. The lowest BCUT2D eigenvalue weighted by Gasteiger charge is -2.22. The molecule has 0 bridgehead atoms. The fourth-order valence-electron chi connectivity index (χ4n) is 2.43. The number of para-hydroxylation sites is 1. The van der Waals surface area contributed by atoms with Crippen molar-refractivity contribution in [2.75, 3.05) is 5.32 Å². The predicted octanol–water partition coefficient (Wildman–Crippen LogP) is 4.05. The second-order valence-corrected chi connectivity index (χ2v) is 7.28. The molecule has 2 aromatic carbocycles. The summed E-state index contributed by atoms with van der Waals surface area (Å²) in [5.74, 6) is -1.17. The van der Waals surface area contributed by atoms with Crippen LogP contribution < -0.4 is 5.32 Å². The second-order valence-electron chi connectivity index (χ2n) is 5.60. The molecule has 0 saturated carbocycles. The van der Waals surface area contributed by atoms with E-state index in [1.165, 1.54) is 17.0 Å². The molecule has 26 heavy (non-hydrogen) atoms. The summed E-state index contributed by atoms with van der Waals surface area (Å²) in [6, 6.07) is 14.3. The van der Waals surface area contributed by atoms with E-state index in [0.29, 0.717) is 16.2 Å². The van der Waals surface area contributed by atoms with Gasteiger partial charge in [0.25, 0.3) is 5.91 Å². The molecule has 0 aliphatic carbocycles. The Morgan fingerprint density at radius 1 is 1.19 bits per heavy atom. The van der Waals surface area contributed by atoms with E-state index in [1.54, 1.807) is 49.4 Å². The average molecular weight is 386 g/mol. The minimum absolute atomic E-state index is 0.272. The van der Waals surface area contributed by atoms with Crippen molar-refractivity contribution in [2.45, 2.75) is 13.0 Å². The van der Waals surface area contributed by atoms with Gasteiger partial charge in [-0.05, 0) is 31.2 Å². The summed E-state index contributed by atoms with van der Waals surface area (Å²) in [4.78, 5) is 26.7. The number of thioether (sulfide) groups is 1. The Labute approximate surface area is 160 Å². The van der Waals surface area contributed by atoms with Gasteiger partial charge in [-0.25, -0.2) is 4.39 Å². The standard InChI is InChI=1S/C19H15FN2O2S2/c1-12(17(23)21-14-8-3-2-4-9-14)22-18(24)16(26-19(22)25)11-13-7-5-6-10-15(13)20/h2-12H,1H3,(H,21,23)/b16-11-. The summed E-state index contributed by atoms with van der Waals surface area (Å²) in [6.07, 6.45) is 1.45. The zero-order valence-corrected chi connectivity index (χ0v) is 15.4. The smallest absolute Gasteiger partial charge is 0.266 e. The van der Waals surface area contributed by atoms with Crippen molar-refractivity contribution in [1.82, 2.24) is 4.90 Å². The summed E-state index contributed by atoms with van der Waals surface area (Å²) < 4.78 is 14.1. The third-order valence-corrected chi connectivity index (χ3v) is 5.15. The number of nitrogens with one attached hydrogen (secondary N) is 1. The Morgan fingerprint density at radius 3 is 2.54 bits per heavy atom. The van der Waals surface area contributed by atoms with Gasteiger partial charge >= 0.3 is 0 Å². The summed E-state index contributed by atoms with van der Waals surface area (Å²) in [5.41, 5.74) is 0.936. The first-order valence-electron chi connectivity index (χ1n) is 7.85. The SMILES string of the molecule is CC(C(=O)Nc1ccccc1)N1C(=O)/C(=C/c2ccccc2F)SC1=S. The maximum Gasteiger partial charge on any atom is 0.266 e. The van der Waals surface area contributed by atoms with E-state index in [9.17, 15) is 14.0 Å². The fraction of sp³-hybridized carbons (Fsp3) is 0.105. The van der Waals surface area contributed by atoms with Crippen LogP contribution in [0, 0.1) is 5.82 Å². The van der Waals surface area contributed by atoms with Crippen LogP contribution in [0.2, 0.25) is 0 Å². The summed E-state index contributed by atoms with van der Waals surface area (Å²) >= 11 is 6.32. The van der Waals surface area contributed by atoms with E-state index in [0.717, 1.165) is 11.8 Å². The Bertz CT molecular complexity index is 899. The van der Waals surface area contributed by atoms with Gasteiger partial charge in [0.1, 0.15) is 16.2 Å². The monoisotopic (exact) mass is 386 g/mol. The van der Waals surface area contributed by atoms with Gasteiger partial charge in [0, 0.05) is 11.3 Å². The molecule has 0 aromatic heterocycles. The molecular weight excluding hydrogens is 371 g/mol. The molecule has 1 unspecified atom stereocenters. The number of benzene rings is 2. The molecule has 1 N–H and O–H groups in total. The van der Waals surface area contributed by atoms with Crippen molar-refractivity contribution < 1.29 is 14.0 Å². The Balaban J connectivity index is 1.78. The number of nitrogens with zero attached hydrogens (tertiary/aromatic N) is 1. The molecular formula is C19H15FN2O2S2. The van der Waals surface area contributed by atoms with Crippen LogP contribution in [0.4, 0.5) is 10.1 Å². The highest BCUT2D eigenvalue weighted by Gasteiger charge is 2.38. The maximum absolute atomic E-state index is 13.8. The molecule has 1 aliphatic rings. The Kier molecular flexibility index (Phi) is 5.49. The van der Waals surface area contributed by atoms with Crippen molar-refractivity contribution in [2.24, 2.45) is 0 Å². The fourth-order valence-corrected chi connectivity index (χ4v) is 3.84. The molecule has 132 valence electrons. The van der Waals surface area contributed by atoms with E-state index in [-0.39, 0.29) is 10.2 Å². The maximum atomic E-state index is 13.8. The molecule has 0 spiro atoms. The predicted molar refractivity (Wildman–Crippen MR) is 106 cm³/mol. The molecule has 4 nitrogen and oxygen atoms in total. The lowest BCUT2D eigenvalue weighted by atomic mass is 10.2. The molecule has 1 heterocycles. The molecule has 3 rings (SSSR count). The van der Waals surface area contributed by atoms with Crippen LogP contribution in [0.3, 0.4) is 0 Å². The molecule has 1 fully saturated rings. The molecule has 1 aliphatic heterocycles. The van der Waals surface area contributed by atoms with Crippen molar-refractivity contribution in [3.63, 3.8) is 0 Å². The second kappa shape index (κ2) is 7.80. The number of hydrogen-bond acceptors (Lipinski definition) is 4. The largest absolute Gasteiger partial charge is 0.324 e. The third-order valence-electron chi connectivity index (χ3n) is 3.82. The first kappa shape index (κ1) is 18.3. The van der Waals surface area contributed by atoms with Gasteiger partial charge in [-0.3, -0.25) is 14.5 Å². The van der Waals surface area contributed by atoms with Crippen molar-refractivity contribution in [3.05, 3.63) is 70.9 Å². The van der Waals surface area contributed by atoms with E-state index in [2.05, 4.69) is 5.32 Å². The zero-order chi connectivity index (χ0) is 18.7. The Hall–Kier alpha value is -2.51. The lowest BCUT2D eigenvalue weighted by Crippen LogP contribution is -2.44. The van der Waals surface area contributed by atoms with Crippen LogP contribution in [-0.4, -0.2) is 27.1 Å². The topological polar surface area (TPSA) is 49.4 Å². The highest BCUT2D eigenvalue weighted by molar-refractivity contribution is 8.26. The quantitative estimate of drug-likeness (QED) is 0.636. The number of carbonyl (C=O) groups is 2. The van der Waals surface area contributed by atoms with Crippen molar-refractivity contribution in [3.8, 4) is 0 Å². The normalized spacial score (nSPS) is 16.8. The number of thiocarbonyl (C=S) groups is 1. The molecule has 0 radical (unpaired) electrons. The highest BCUT2D eigenvalue weighted by Crippen LogP contribution is 2.34. The molecule has 7 heteroatoms. The van der Waals surface area contributed by atoms with Crippen molar-refractivity contribution in [1.29, 1.82) is 0 Å². The van der Waals surface area contributed by atoms with Crippen LogP contribution >= 0.6 is 24.0 Å².